The fourth-order valence-electron chi connectivity index (χ4n) is 3.60. The van der Waals surface area contributed by atoms with Gasteiger partial charge in [0.05, 0.1) is 5.56 Å². The third-order valence-electron chi connectivity index (χ3n) is 5.53. The third-order valence-corrected chi connectivity index (χ3v) is 5.53. The number of urea groups is 1. The van der Waals surface area contributed by atoms with Gasteiger partial charge in [-0.15, -0.1) is 0 Å². The van der Waals surface area contributed by atoms with Crippen LogP contribution in [0.1, 0.15) is 56.0 Å². The van der Waals surface area contributed by atoms with Gasteiger partial charge in [0.25, 0.3) is 5.91 Å². The summed E-state index contributed by atoms with van der Waals surface area (Å²) in [5, 5.41) is 8.77. The summed E-state index contributed by atoms with van der Waals surface area (Å²) in [5.74, 6) is -0.106. The minimum atomic E-state index is -0.328. The molecule has 0 spiro atoms. The molecule has 6 heteroatoms. The van der Waals surface area contributed by atoms with E-state index >= 15 is 0 Å². The second kappa shape index (κ2) is 10.1. The standard InChI is InChI=1S/C24H32N4O2/c1-4-17(3)25-23(29)21-16-20(11-12-22(21)28-13-6-7-14-28)27-24(30)26-19-10-8-9-18(5-2)15-19/h8-12,15-17H,4-7,13-14H2,1-3H3,(H,25,29)(H2,26,27,30)/t17-/m0/s1. The van der Waals surface area contributed by atoms with Crippen molar-refractivity contribution in [3.63, 3.8) is 0 Å². The maximum absolute atomic E-state index is 12.9. The zero-order valence-electron chi connectivity index (χ0n) is 18.1. The molecule has 3 N–H and O–H groups in total. The van der Waals surface area contributed by atoms with Crippen LogP contribution < -0.4 is 20.9 Å². The Balaban J connectivity index is 1.78. The van der Waals surface area contributed by atoms with E-state index in [0.29, 0.717) is 11.3 Å². The number of rotatable bonds is 7. The van der Waals surface area contributed by atoms with Crippen molar-refractivity contribution in [2.24, 2.45) is 0 Å². The van der Waals surface area contributed by atoms with Crippen LogP contribution in [-0.2, 0) is 6.42 Å². The van der Waals surface area contributed by atoms with Gasteiger partial charge in [0.15, 0.2) is 0 Å². The van der Waals surface area contributed by atoms with Gasteiger partial charge in [-0.1, -0.05) is 26.0 Å². The fourth-order valence-corrected chi connectivity index (χ4v) is 3.60. The molecule has 3 rings (SSSR count). The van der Waals surface area contributed by atoms with Gasteiger partial charge in [-0.2, -0.15) is 0 Å². The number of aryl methyl sites for hydroxylation is 1. The van der Waals surface area contributed by atoms with Crippen LogP contribution in [-0.4, -0.2) is 31.1 Å². The summed E-state index contributed by atoms with van der Waals surface area (Å²) in [6.07, 6.45) is 4.03. The molecule has 1 heterocycles. The monoisotopic (exact) mass is 408 g/mol. The van der Waals surface area contributed by atoms with Crippen molar-refractivity contribution >= 4 is 29.0 Å². The normalized spacial score (nSPS) is 14.3. The first-order chi connectivity index (χ1) is 14.5. The highest BCUT2D eigenvalue weighted by atomic mass is 16.2. The molecule has 1 aliphatic heterocycles. The second-order valence-electron chi connectivity index (χ2n) is 7.84. The second-order valence-corrected chi connectivity index (χ2v) is 7.84. The Labute approximate surface area is 179 Å². The summed E-state index contributed by atoms with van der Waals surface area (Å²) in [6, 6.07) is 13.1. The predicted octanol–water partition coefficient (Wildman–Crippen LogP) is 5.02. The highest BCUT2D eigenvalue weighted by Gasteiger charge is 2.21. The Morgan fingerprint density at radius 3 is 2.37 bits per heavy atom. The predicted molar refractivity (Wildman–Crippen MR) is 124 cm³/mol. The minimum Gasteiger partial charge on any atom is -0.371 e. The fraction of sp³-hybridized carbons (Fsp3) is 0.417. The lowest BCUT2D eigenvalue weighted by atomic mass is 10.1. The Morgan fingerprint density at radius 2 is 1.70 bits per heavy atom. The highest BCUT2D eigenvalue weighted by molar-refractivity contribution is 6.04. The number of carbonyl (C=O) groups is 2. The summed E-state index contributed by atoms with van der Waals surface area (Å²) in [5.41, 5.74) is 4.02. The van der Waals surface area contributed by atoms with Crippen molar-refractivity contribution < 1.29 is 9.59 Å². The lowest BCUT2D eigenvalue weighted by Crippen LogP contribution is -2.33. The van der Waals surface area contributed by atoms with Gasteiger partial charge in [0, 0.05) is 36.2 Å². The molecule has 1 atom stereocenters. The van der Waals surface area contributed by atoms with E-state index in [4.69, 9.17) is 0 Å². The van der Waals surface area contributed by atoms with E-state index < -0.39 is 0 Å². The Kier molecular flexibility index (Phi) is 7.33. The van der Waals surface area contributed by atoms with Crippen molar-refractivity contribution in [2.75, 3.05) is 28.6 Å². The van der Waals surface area contributed by atoms with Crippen LogP contribution in [0.5, 0.6) is 0 Å². The molecule has 0 aliphatic carbocycles. The van der Waals surface area contributed by atoms with Crippen molar-refractivity contribution in [1.82, 2.24) is 5.32 Å². The molecule has 0 saturated carbocycles. The molecular formula is C24H32N4O2. The lowest BCUT2D eigenvalue weighted by Gasteiger charge is -2.23. The van der Waals surface area contributed by atoms with Crippen molar-refractivity contribution in [1.29, 1.82) is 0 Å². The van der Waals surface area contributed by atoms with Crippen LogP contribution in [0.25, 0.3) is 0 Å². The van der Waals surface area contributed by atoms with Gasteiger partial charge in [0.1, 0.15) is 0 Å². The van der Waals surface area contributed by atoms with Crippen molar-refractivity contribution in [3.8, 4) is 0 Å². The highest BCUT2D eigenvalue weighted by Crippen LogP contribution is 2.28. The maximum atomic E-state index is 12.9. The van der Waals surface area contributed by atoms with Crippen LogP contribution in [0.15, 0.2) is 42.5 Å². The molecule has 6 nitrogen and oxygen atoms in total. The molecule has 0 radical (unpaired) electrons. The molecule has 30 heavy (non-hydrogen) atoms. The quantitative estimate of drug-likeness (QED) is 0.602. The van der Waals surface area contributed by atoms with E-state index in [0.717, 1.165) is 55.7 Å². The zero-order chi connectivity index (χ0) is 21.5. The van der Waals surface area contributed by atoms with Gasteiger partial charge in [-0.3, -0.25) is 4.79 Å². The number of anilines is 3. The summed E-state index contributed by atoms with van der Waals surface area (Å²) in [7, 11) is 0. The van der Waals surface area contributed by atoms with Crippen LogP contribution in [0.4, 0.5) is 21.9 Å². The van der Waals surface area contributed by atoms with E-state index in [9.17, 15) is 9.59 Å². The molecule has 0 bridgehead atoms. The third kappa shape index (κ3) is 5.53. The first kappa shape index (κ1) is 21.7. The van der Waals surface area contributed by atoms with E-state index in [2.05, 4.69) is 27.8 Å². The molecular weight excluding hydrogens is 376 g/mol. The summed E-state index contributed by atoms with van der Waals surface area (Å²) < 4.78 is 0. The number of carbonyl (C=O) groups excluding carboxylic acids is 2. The number of amides is 3. The topological polar surface area (TPSA) is 73.5 Å². The van der Waals surface area contributed by atoms with E-state index in [1.807, 2.05) is 50.2 Å². The Hall–Kier alpha value is -3.02. The zero-order valence-corrected chi connectivity index (χ0v) is 18.1. The number of hydrogen-bond donors (Lipinski definition) is 3. The van der Waals surface area contributed by atoms with Gasteiger partial charge < -0.3 is 20.9 Å². The summed E-state index contributed by atoms with van der Waals surface area (Å²) >= 11 is 0. The molecule has 0 unspecified atom stereocenters. The summed E-state index contributed by atoms with van der Waals surface area (Å²) in [6.45, 7) is 8.01. The SMILES string of the molecule is CCc1cccc(NC(=O)Nc2ccc(N3CCCC3)c(C(=O)N[C@@H](C)CC)c2)c1. The average Bonchev–Trinajstić information content (AvgIpc) is 3.28. The van der Waals surface area contributed by atoms with Gasteiger partial charge in [-0.25, -0.2) is 4.79 Å². The molecule has 0 aromatic heterocycles. The molecule has 160 valence electrons. The van der Waals surface area contributed by atoms with E-state index in [1.165, 1.54) is 0 Å². The van der Waals surface area contributed by atoms with Gasteiger partial charge in [-0.05, 0) is 68.5 Å². The molecule has 2 aromatic rings. The summed E-state index contributed by atoms with van der Waals surface area (Å²) in [4.78, 5) is 27.7. The molecule has 1 aliphatic rings. The molecule has 2 aromatic carbocycles. The number of benzene rings is 2. The first-order valence-electron chi connectivity index (χ1n) is 10.9. The number of nitrogens with one attached hydrogen (secondary N) is 3. The Bertz CT molecular complexity index is 891. The van der Waals surface area contributed by atoms with Crippen LogP contribution in [0.3, 0.4) is 0 Å². The average molecular weight is 409 g/mol. The molecule has 3 amide bonds. The Morgan fingerprint density at radius 1 is 1.00 bits per heavy atom. The van der Waals surface area contributed by atoms with Crippen molar-refractivity contribution in [3.05, 3.63) is 53.6 Å². The van der Waals surface area contributed by atoms with E-state index in [-0.39, 0.29) is 18.0 Å². The minimum absolute atomic E-state index is 0.0923. The largest absolute Gasteiger partial charge is 0.371 e. The number of nitrogens with zero attached hydrogens (tertiary/aromatic N) is 1. The smallest absolute Gasteiger partial charge is 0.323 e. The van der Waals surface area contributed by atoms with Crippen molar-refractivity contribution in [2.45, 2.75) is 52.5 Å². The lowest BCUT2D eigenvalue weighted by molar-refractivity contribution is 0.0939. The molecule has 1 saturated heterocycles. The van der Waals surface area contributed by atoms with Crippen LogP contribution in [0.2, 0.25) is 0 Å². The van der Waals surface area contributed by atoms with Crippen LogP contribution in [0, 0.1) is 0 Å². The first-order valence-corrected chi connectivity index (χ1v) is 10.9. The van der Waals surface area contributed by atoms with Gasteiger partial charge in [0.2, 0.25) is 0 Å². The maximum Gasteiger partial charge on any atom is 0.323 e. The van der Waals surface area contributed by atoms with Crippen LogP contribution >= 0.6 is 0 Å². The van der Waals surface area contributed by atoms with Gasteiger partial charge >= 0.3 is 6.03 Å². The van der Waals surface area contributed by atoms with E-state index in [1.54, 1.807) is 6.07 Å². The molecule has 1 fully saturated rings. The number of hydrogen-bond acceptors (Lipinski definition) is 3.